The maximum atomic E-state index is 11.6. The molecule has 1 aromatic rings. The average molecular weight is 313 g/mol. The molecule has 1 aromatic heterocycles. The minimum Gasteiger partial charge on any atom is -0.488 e. The number of pyridine rings is 1. The molecule has 0 bridgehead atoms. The average Bonchev–Trinajstić information content (AvgIpc) is 2.40. The molecule has 1 N–H and O–H groups in total. The Morgan fingerprint density at radius 1 is 1.38 bits per heavy atom. The Bertz CT molecular complexity index is 641. The lowest BCUT2D eigenvalue weighted by atomic mass is 9.97. The highest BCUT2D eigenvalue weighted by molar-refractivity contribution is 7.91. The van der Waals surface area contributed by atoms with E-state index >= 15 is 0 Å². The second kappa shape index (κ2) is 6.01. The summed E-state index contributed by atoms with van der Waals surface area (Å²) in [6, 6.07) is 3.26. The number of aromatic nitrogens is 1. The molecular weight excluding hydrogens is 294 g/mol. The van der Waals surface area contributed by atoms with E-state index in [1.54, 1.807) is 19.1 Å². The highest BCUT2D eigenvalue weighted by atomic mass is 32.2. The van der Waals surface area contributed by atoms with E-state index < -0.39 is 21.1 Å². The number of ether oxygens (including phenoxy) is 1. The number of sulfone groups is 1. The summed E-state index contributed by atoms with van der Waals surface area (Å²) in [5, 5.41) is 8.75. The van der Waals surface area contributed by atoms with Crippen LogP contribution in [0.15, 0.2) is 12.1 Å². The summed E-state index contributed by atoms with van der Waals surface area (Å²) < 4.78 is 29.0. The second-order valence-electron chi connectivity index (χ2n) is 5.46. The van der Waals surface area contributed by atoms with Gasteiger partial charge in [0.25, 0.3) is 0 Å². The van der Waals surface area contributed by atoms with Crippen molar-refractivity contribution in [3.8, 4) is 5.75 Å². The van der Waals surface area contributed by atoms with Crippen LogP contribution in [0.5, 0.6) is 5.75 Å². The first-order valence-electron chi connectivity index (χ1n) is 6.84. The number of carboxylic acids is 1. The van der Waals surface area contributed by atoms with Crippen LogP contribution in [0.3, 0.4) is 0 Å². The van der Waals surface area contributed by atoms with Gasteiger partial charge in [0, 0.05) is 18.4 Å². The van der Waals surface area contributed by atoms with Gasteiger partial charge in [-0.2, -0.15) is 0 Å². The molecule has 2 unspecified atom stereocenters. The molecule has 0 spiro atoms. The topological polar surface area (TPSA) is 93.6 Å². The summed E-state index contributed by atoms with van der Waals surface area (Å²) in [7, 11) is -3.10. The van der Waals surface area contributed by atoms with Crippen LogP contribution in [-0.4, -0.2) is 42.1 Å². The van der Waals surface area contributed by atoms with Gasteiger partial charge in [-0.1, -0.05) is 0 Å². The Balaban J connectivity index is 2.17. The molecule has 1 heterocycles. The summed E-state index contributed by atoms with van der Waals surface area (Å²) in [6.07, 6.45) is 3.45. The van der Waals surface area contributed by atoms with Gasteiger partial charge in [-0.3, -0.25) is 0 Å². The Morgan fingerprint density at radius 2 is 2.10 bits per heavy atom. The molecule has 6 nitrogen and oxygen atoms in total. The highest BCUT2D eigenvalue weighted by Gasteiger charge is 2.30. The van der Waals surface area contributed by atoms with E-state index in [9.17, 15) is 13.2 Å². The lowest BCUT2D eigenvalue weighted by molar-refractivity contribution is 0.0678. The van der Waals surface area contributed by atoms with E-state index in [4.69, 9.17) is 9.84 Å². The van der Waals surface area contributed by atoms with Gasteiger partial charge in [-0.25, -0.2) is 18.2 Å². The predicted molar refractivity (Wildman–Crippen MR) is 77.4 cm³/mol. The Hall–Kier alpha value is -1.63. The molecule has 116 valence electrons. The molecule has 1 fully saturated rings. The molecule has 1 aliphatic rings. The maximum Gasteiger partial charge on any atom is 0.358 e. The summed E-state index contributed by atoms with van der Waals surface area (Å²) in [5.41, 5.74) is 0.467. The fraction of sp³-hybridized carbons (Fsp3) is 0.571. The molecule has 1 saturated carbocycles. The predicted octanol–water partition coefficient (Wildman–Crippen LogP) is 1.82. The van der Waals surface area contributed by atoms with Gasteiger partial charge in [-0.15, -0.1) is 0 Å². The number of rotatable bonds is 4. The zero-order valence-electron chi connectivity index (χ0n) is 12.1. The quantitative estimate of drug-likeness (QED) is 0.911. The van der Waals surface area contributed by atoms with Crippen LogP contribution in [0.2, 0.25) is 0 Å². The van der Waals surface area contributed by atoms with Gasteiger partial charge in [0.1, 0.15) is 15.9 Å². The van der Waals surface area contributed by atoms with Crippen molar-refractivity contribution in [2.45, 2.75) is 44.0 Å². The first kappa shape index (κ1) is 15.8. The van der Waals surface area contributed by atoms with Gasteiger partial charge in [0.2, 0.25) is 0 Å². The van der Waals surface area contributed by atoms with Crippen molar-refractivity contribution in [1.82, 2.24) is 4.98 Å². The van der Waals surface area contributed by atoms with Crippen molar-refractivity contribution in [3.63, 3.8) is 0 Å². The van der Waals surface area contributed by atoms with Crippen molar-refractivity contribution < 1.29 is 23.1 Å². The van der Waals surface area contributed by atoms with Crippen molar-refractivity contribution in [3.05, 3.63) is 23.5 Å². The minimum atomic E-state index is -3.10. The SMILES string of the molecule is Cc1ccc(OC2CCCC(S(C)(=O)=O)C2)c(C(=O)O)n1. The van der Waals surface area contributed by atoms with Crippen LogP contribution in [0.4, 0.5) is 0 Å². The fourth-order valence-corrected chi connectivity index (χ4v) is 3.73. The third-order valence-electron chi connectivity index (χ3n) is 3.68. The number of aryl methyl sites for hydroxylation is 1. The number of carbonyl (C=O) groups is 1. The molecule has 0 radical (unpaired) electrons. The van der Waals surface area contributed by atoms with E-state index in [0.29, 0.717) is 18.5 Å². The molecule has 0 aromatic carbocycles. The minimum absolute atomic E-state index is 0.128. The van der Waals surface area contributed by atoms with Crippen molar-refractivity contribution >= 4 is 15.8 Å². The van der Waals surface area contributed by atoms with Crippen LogP contribution in [-0.2, 0) is 9.84 Å². The summed E-state index contributed by atoms with van der Waals surface area (Å²) in [5.74, 6) is -0.948. The van der Waals surface area contributed by atoms with Gasteiger partial charge in [0.05, 0.1) is 5.25 Å². The first-order valence-corrected chi connectivity index (χ1v) is 8.79. The molecule has 0 amide bonds. The molecule has 1 aliphatic carbocycles. The molecular formula is C14H19NO5S. The van der Waals surface area contributed by atoms with Crippen molar-refractivity contribution in [2.75, 3.05) is 6.26 Å². The standard InChI is InChI=1S/C14H19NO5S/c1-9-6-7-12(13(15-9)14(16)17)20-10-4-3-5-11(8-10)21(2,18)19/h6-7,10-11H,3-5,8H2,1-2H3,(H,16,17). The number of aromatic carboxylic acids is 1. The smallest absolute Gasteiger partial charge is 0.358 e. The molecule has 7 heteroatoms. The van der Waals surface area contributed by atoms with Crippen LogP contribution in [0.25, 0.3) is 0 Å². The van der Waals surface area contributed by atoms with E-state index in [-0.39, 0.29) is 17.5 Å². The monoisotopic (exact) mass is 313 g/mol. The summed E-state index contributed by atoms with van der Waals surface area (Å²) in [6.45, 7) is 1.70. The highest BCUT2D eigenvalue weighted by Crippen LogP contribution is 2.28. The van der Waals surface area contributed by atoms with Crippen LogP contribution < -0.4 is 4.74 Å². The zero-order chi connectivity index (χ0) is 15.6. The van der Waals surface area contributed by atoms with Crippen LogP contribution >= 0.6 is 0 Å². The zero-order valence-corrected chi connectivity index (χ0v) is 12.9. The summed E-state index contributed by atoms with van der Waals surface area (Å²) >= 11 is 0. The Labute approximate surface area is 124 Å². The van der Waals surface area contributed by atoms with Gasteiger partial charge in [0.15, 0.2) is 11.4 Å². The van der Waals surface area contributed by atoms with Gasteiger partial charge < -0.3 is 9.84 Å². The first-order chi connectivity index (χ1) is 9.77. The molecule has 2 rings (SSSR count). The molecule has 2 atom stereocenters. The van der Waals surface area contributed by atoms with Crippen LogP contribution in [0.1, 0.15) is 41.9 Å². The van der Waals surface area contributed by atoms with E-state index in [1.165, 1.54) is 6.26 Å². The van der Waals surface area contributed by atoms with Crippen molar-refractivity contribution in [2.24, 2.45) is 0 Å². The van der Waals surface area contributed by atoms with Gasteiger partial charge >= 0.3 is 5.97 Å². The van der Waals surface area contributed by atoms with Crippen molar-refractivity contribution in [1.29, 1.82) is 0 Å². The number of hydrogen-bond acceptors (Lipinski definition) is 5. The van der Waals surface area contributed by atoms with Crippen LogP contribution in [0, 0.1) is 6.92 Å². The lowest BCUT2D eigenvalue weighted by Gasteiger charge is -2.28. The second-order valence-corrected chi connectivity index (χ2v) is 7.79. The third-order valence-corrected chi connectivity index (χ3v) is 5.32. The lowest BCUT2D eigenvalue weighted by Crippen LogP contribution is -2.33. The van der Waals surface area contributed by atoms with E-state index in [1.807, 2.05) is 0 Å². The molecule has 21 heavy (non-hydrogen) atoms. The molecule has 0 saturated heterocycles. The van der Waals surface area contributed by atoms with Gasteiger partial charge in [-0.05, 0) is 38.3 Å². The molecule has 0 aliphatic heterocycles. The van der Waals surface area contributed by atoms with E-state index in [2.05, 4.69) is 4.98 Å². The Kier molecular flexibility index (Phi) is 4.51. The maximum absolute atomic E-state index is 11.6. The third kappa shape index (κ3) is 3.93. The van der Waals surface area contributed by atoms with E-state index in [0.717, 1.165) is 12.8 Å². The largest absolute Gasteiger partial charge is 0.488 e. The fourth-order valence-electron chi connectivity index (χ4n) is 2.57. The number of nitrogens with zero attached hydrogens (tertiary/aromatic N) is 1. The normalized spacial score (nSPS) is 22.8. The number of carboxylic acid groups (broad SMARTS) is 1. The number of hydrogen-bond donors (Lipinski definition) is 1. The Morgan fingerprint density at radius 3 is 2.71 bits per heavy atom. The summed E-state index contributed by atoms with van der Waals surface area (Å²) in [4.78, 5) is 15.2.